The molecule has 27 heavy (non-hydrogen) atoms. The lowest BCUT2D eigenvalue weighted by Gasteiger charge is -2.28. The van der Waals surface area contributed by atoms with Gasteiger partial charge < -0.3 is 19.7 Å². The molecule has 3 rings (SSSR count). The van der Waals surface area contributed by atoms with Crippen LogP contribution in [0, 0.1) is 5.92 Å². The minimum absolute atomic E-state index is 0.0732. The third kappa shape index (κ3) is 4.51. The Morgan fingerprint density at radius 2 is 1.96 bits per heavy atom. The summed E-state index contributed by atoms with van der Waals surface area (Å²) in [5, 5.41) is 2.65. The molecule has 0 spiro atoms. The van der Waals surface area contributed by atoms with Gasteiger partial charge in [-0.25, -0.2) is 14.0 Å². The Kier molecular flexibility index (Phi) is 5.31. The molecule has 3 atom stereocenters. The number of alkyl halides is 1. The van der Waals surface area contributed by atoms with Gasteiger partial charge >= 0.3 is 12.2 Å². The minimum atomic E-state index is -1.65. The number of alkyl carbamates (subject to hydrolysis) is 1. The number of ether oxygens (including phenoxy) is 2. The number of nitrogens with zero attached hydrogens (tertiary/aromatic N) is 1. The molecule has 0 bridgehead atoms. The first-order valence-corrected chi connectivity index (χ1v) is 9.31. The van der Waals surface area contributed by atoms with E-state index in [1.54, 1.807) is 20.8 Å². The molecular weight excluding hydrogens is 351 g/mol. The van der Waals surface area contributed by atoms with Crippen LogP contribution in [0.1, 0.15) is 39.2 Å². The highest BCUT2D eigenvalue weighted by Crippen LogP contribution is 2.45. The lowest BCUT2D eigenvalue weighted by Crippen LogP contribution is -2.51. The predicted molar refractivity (Wildman–Crippen MR) is 97.9 cm³/mol. The number of rotatable bonds is 3. The van der Waals surface area contributed by atoms with Crippen molar-refractivity contribution in [1.29, 1.82) is 0 Å². The zero-order valence-electron chi connectivity index (χ0n) is 16.0. The molecule has 1 aliphatic heterocycles. The molecule has 0 unspecified atom stereocenters. The lowest BCUT2D eigenvalue weighted by atomic mass is 9.94. The molecule has 148 valence electrons. The van der Waals surface area contributed by atoms with Crippen molar-refractivity contribution in [3.8, 4) is 0 Å². The van der Waals surface area contributed by atoms with E-state index in [2.05, 4.69) is 5.32 Å². The minimum Gasteiger partial charge on any atom is -0.445 e. The molecular formula is C20H27FN2O4. The van der Waals surface area contributed by atoms with Gasteiger partial charge in [0, 0.05) is 12.5 Å². The highest BCUT2D eigenvalue weighted by atomic mass is 19.1. The number of likely N-dealkylation sites (tertiary alicyclic amines) is 1. The van der Waals surface area contributed by atoms with E-state index in [1.165, 1.54) is 4.90 Å². The summed E-state index contributed by atoms with van der Waals surface area (Å²) in [6, 6.07) is 8.64. The molecule has 1 aromatic carbocycles. The van der Waals surface area contributed by atoms with Crippen LogP contribution in [0.3, 0.4) is 0 Å². The summed E-state index contributed by atoms with van der Waals surface area (Å²) >= 11 is 0. The maximum Gasteiger partial charge on any atom is 0.410 e. The topological polar surface area (TPSA) is 67.9 Å². The van der Waals surface area contributed by atoms with Gasteiger partial charge in [-0.3, -0.25) is 0 Å². The molecule has 2 amide bonds. The van der Waals surface area contributed by atoms with E-state index in [0.717, 1.165) is 5.56 Å². The largest absolute Gasteiger partial charge is 0.445 e. The standard InChI is InChI=1S/C20H27FN2O4/c1-19(2,3)27-18(25)23-11-15-9-10-16(20(15,21)13-23)22-17(24)26-12-14-7-5-4-6-8-14/h4-8,15-16H,9-13H2,1-3H3,(H,22,24)/t15-,16-,20-/m1/s1. The van der Waals surface area contributed by atoms with E-state index >= 15 is 4.39 Å². The number of fused-ring (bicyclic) bond motifs is 1. The number of carbonyl (C=O) groups excluding carboxylic acids is 2. The second-order valence-electron chi connectivity index (χ2n) is 8.32. The zero-order valence-corrected chi connectivity index (χ0v) is 16.0. The number of halogens is 1. The van der Waals surface area contributed by atoms with Crippen LogP contribution in [0.2, 0.25) is 0 Å². The average Bonchev–Trinajstić information content (AvgIpc) is 3.07. The van der Waals surface area contributed by atoms with Crippen molar-refractivity contribution in [3.05, 3.63) is 35.9 Å². The van der Waals surface area contributed by atoms with Crippen molar-refractivity contribution in [1.82, 2.24) is 10.2 Å². The van der Waals surface area contributed by atoms with Crippen molar-refractivity contribution < 1.29 is 23.5 Å². The Hall–Kier alpha value is -2.31. The average molecular weight is 378 g/mol. The lowest BCUT2D eigenvalue weighted by molar-refractivity contribution is 0.0240. The van der Waals surface area contributed by atoms with Gasteiger partial charge in [-0.15, -0.1) is 0 Å². The maximum atomic E-state index is 15.6. The van der Waals surface area contributed by atoms with Crippen molar-refractivity contribution in [2.45, 2.75) is 57.5 Å². The number of carbonyl (C=O) groups is 2. The van der Waals surface area contributed by atoms with Gasteiger partial charge in [0.2, 0.25) is 0 Å². The van der Waals surface area contributed by atoms with Crippen LogP contribution < -0.4 is 5.32 Å². The fourth-order valence-corrected chi connectivity index (χ4v) is 3.80. The van der Waals surface area contributed by atoms with E-state index in [-0.39, 0.29) is 19.1 Å². The second kappa shape index (κ2) is 7.37. The maximum absolute atomic E-state index is 15.6. The predicted octanol–water partition coefficient (Wildman–Crippen LogP) is 3.65. The van der Waals surface area contributed by atoms with Gasteiger partial charge in [0.05, 0.1) is 12.6 Å². The molecule has 1 heterocycles. The molecule has 6 nitrogen and oxygen atoms in total. The van der Waals surface area contributed by atoms with Gasteiger partial charge in [0.1, 0.15) is 12.2 Å². The number of hydrogen-bond acceptors (Lipinski definition) is 4. The summed E-state index contributed by atoms with van der Waals surface area (Å²) in [4.78, 5) is 25.8. The number of hydrogen-bond donors (Lipinski definition) is 1. The molecule has 1 aromatic rings. The number of benzene rings is 1. The first kappa shape index (κ1) is 19.5. The van der Waals surface area contributed by atoms with Crippen molar-refractivity contribution in [3.63, 3.8) is 0 Å². The van der Waals surface area contributed by atoms with Crippen LogP contribution >= 0.6 is 0 Å². The summed E-state index contributed by atoms with van der Waals surface area (Å²) in [7, 11) is 0. The molecule has 1 saturated heterocycles. The smallest absolute Gasteiger partial charge is 0.410 e. The van der Waals surface area contributed by atoms with E-state index in [1.807, 2.05) is 30.3 Å². The normalized spacial score (nSPS) is 27.2. The Morgan fingerprint density at radius 3 is 2.63 bits per heavy atom. The van der Waals surface area contributed by atoms with Gasteiger partial charge in [-0.1, -0.05) is 30.3 Å². The van der Waals surface area contributed by atoms with Gasteiger partial charge in [0.15, 0.2) is 5.67 Å². The third-order valence-corrected chi connectivity index (χ3v) is 5.09. The SMILES string of the molecule is CC(C)(C)OC(=O)N1C[C@H]2CC[C@@H](NC(=O)OCc3ccccc3)[C@@]2(F)C1. The zero-order chi connectivity index (χ0) is 19.7. The summed E-state index contributed by atoms with van der Waals surface area (Å²) in [6.07, 6.45) is -0.0139. The molecule has 1 aliphatic carbocycles. The Labute approximate surface area is 159 Å². The van der Waals surface area contributed by atoms with Crippen LogP contribution in [0.15, 0.2) is 30.3 Å². The van der Waals surface area contributed by atoms with Crippen LogP contribution in [0.5, 0.6) is 0 Å². The molecule has 0 radical (unpaired) electrons. The highest BCUT2D eigenvalue weighted by molar-refractivity contribution is 5.70. The van der Waals surface area contributed by atoms with E-state index in [0.29, 0.717) is 19.4 Å². The Bertz CT molecular complexity index is 691. The van der Waals surface area contributed by atoms with Crippen molar-refractivity contribution in [2.75, 3.05) is 13.1 Å². The van der Waals surface area contributed by atoms with E-state index < -0.39 is 29.5 Å². The molecule has 2 fully saturated rings. The number of amides is 2. The molecule has 1 N–H and O–H groups in total. The van der Waals surface area contributed by atoms with E-state index in [9.17, 15) is 9.59 Å². The molecule has 0 aromatic heterocycles. The summed E-state index contributed by atoms with van der Waals surface area (Å²) in [6.45, 7) is 5.70. The Balaban J connectivity index is 1.55. The third-order valence-electron chi connectivity index (χ3n) is 5.09. The first-order valence-electron chi connectivity index (χ1n) is 9.31. The summed E-state index contributed by atoms with van der Waals surface area (Å²) in [5.74, 6) is -0.301. The summed E-state index contributed by atoms with van der Waals surface area (Å²) < 4.78 is 26.2. The van der Waals surface area contributed by atoms with Gasteiger partial charge in [0.25, 0.3) is 0 Å². The van der Waals surface area contributed by atoms with Crippen LogP contribution in [0.25, 0.3) is 0 Å². The van der Waals surface area contributed by atoms with Crippen LogP contribution in [-0.2, 0) is 16.1 Å². The first-order chi connectivity index (χ1) is 12.7. The monoisotopic (exact) mass is 378 g/mol. The Morgan fingerprint density at radius 1 is 1.26 bits per heavy atom. The van der Waals surface area contributed by atoms with Gasteiger partial charge in [-0.05, 0) is 39.2 Å². The fourth-order valence-electron chi connectivity index (χ4n) is 3.80. The van der Waals surface area contributed by atoms with Gasteiger partial charge in [-0.2, -0.15) is 0 Å². The fraction of sp³-hybridized carbons (Fsp3) is 0.600. The van der Waals surface area contributed by atoms with Crippen LogP contribution in [-0.4, -0.2) is 47.5 Å². The van der Waals surface area contributed by atoms with Crippen LogP contribution in [0.4, 0.5) is 14.0 Å². The van der Waals surface area contributed by atoms with Crippen molar-refractivity contribution in [2.24, 2.45) is 5.92 Å². The van der Waals surface area contributed by atoms with E-state index in [4.69, 9.17) is 9.47 Å². The number of nitrogens with one attached hydrogen (secondary N) is 1. The van der Waals surface area contributed by atoms with Crippen molar-refractivity contribution >= 4 is 12.2 Å². The molecule has 1 saturated carbocycles. The highest BCUT2D eigenvalue weighted by Gasteiger charge is 2.58. The quantitative estimate of drug-likeness (QED) is 0.872. The second-order valence-corrected chi connectivity index (χ2v) is 8.32. The summed E-state index contributed by atoms with van der Waals surface area (Å²) in [5.41, 5.74) is -1.41. The molecule has 7 heteroatoms. The molecule has 2 aliphatic rings.